The van der Waals surface area contributed by atoms with Gasteiger partial charge < -0.3 is 10.6 Å². The Kier molecular flexibility index (Phi) is 6.38. The van der Waals surface area contributed by atoms with E-state index in [2.05, 4.69) is 18.7 Å². The van der Waals surface area contributed by atoms with Gasteiger partial charge in [0.2, 0.25) is 0 Å². The highest BCUT2D eigenvalue weighted by molar-refractivity contribution is 5.24. The van der Waals surface area contributed by atoms with Crippen LogP contribution in [0.5, 0.6) is 0 Å². The SMILES string of the molecule is CC(C)C(N)CCN(C)Cc1cccc(C(F)F)c1. The van der Waals surface area contributed by atoms with E-state index in [1.807, 2.05) is 13.1 Å². The number of nitrogens with two attached hydrogens (primary N) is 1. The van der Waals surface area contributed by atoms with E-state index in [0.717, 1.165) is 18.5 Å². The Hall–Kier alpha value is -1.00. The number of hydrogen-bond donors (Lipinski definition) is 1. The van der Waals surface area contributed by atoms with E-state index in [1.165, 1.54) is 6.07 Å². The minimum absolute atomic E-state index is 0.0878. The molecule has 108 valence electrons. The molecule has 0 saturated heterocycles. The molecule has 0 aliphatic carbocycles. The maximum atomic E-state index is 12.6. The van der Waals surface area contributed by atoms with E-state index in [9.17, 15) is 8.78 Å². The Morgan fingerprint density at radius 1 is 1.26 bits per heavy atom. The zero-order valence-corrected chi connectivity index (χ0v) is 11.9. The van der Waals surface area contributed by atoms with Crippen molar-refractivity contribution in [3.05, 3.63) is 35.4 Å². The highest BCUT2D eigenvalue weighted by Crippen LogP contribution is 2.20. The molecule has 0 amide bonds. The maximum absolute atomic E-state index is 12.6. The van der Waals surface area contributed by atoms with Gasteiger partial charge in [-0.3, -0.25) is 0 Å². The third-order valence-corrected chi connectivity index (χ3v) is 3.36. The first-order chi connectivity index (χ1) is 8.90. The minimum atomic E-state index is -2.40. The molecule has 1 unspecified atom stereocenters. The van der Waals surface area contributed by atoms with Crippen LogP contribution in [0, 0.1) is 5.92 Å². The number of nitrogens with zero attached hydrogens (tertiary/aromatic N) is 1. The fraction of sp³-hybridized carbons (Fsp3) is 0.600. The Bertz CT molecular complexity index is 380. The Morgan fingerprint density at radius 3 is 2.53 bits per heavy atom. The summed E-state index contributed by atoms with van der Waals surface area (Å²) in [4.78, 5) is 2.12. The molecule has 1 rings (SSSR count). The molecule has 19 heavy (non-hydrogen) atoms. The van der Waals surface area contributed by atoms with E-state index in [0.29, 0.717) is 12.5 Å². The summed E-state index contributed by atoms with van der Waals surface area (Å²) in [6, 6.07) is 6.79. The first kappa shape index (κ1) is 16.1. The van der Waals surface area contributed by atoms with Crippen molar-refractivity contribution in [2.45, 2.75) is 39.3 Å². The van der Waals surface area contributed by atoms with Crippen molar-refractivity contribution in [3.63, 3.8) is 0 Å². The summed E-state index contributed by atoms with van der Waals surface area (Å²) in [5, 5.41) is 0. The topological polar surface area (TPSA) is 29.3 Å². The van der Waals surface area contributed by atoms with E-state index in [4.69, 9.17) is 5.73 Å². The van der Waals surface area contributed by atoms with Crippen molar-refractivity contribution in [1.29, 1.82) is 0 Å². The van der Waals surface area contributed by atoms with Gasteiger partial charge >= 0.3 is 0 Å². The summed E-state index contributed by atoms with van der Waals surface area (Å²) in [5.74, 6) is 0.468. The molecule has 0 saturated carbocycles. The predicted octanol–water partition coefficient (Wildman–Crippen LogP) is 3.43. The van der Waals surface area contributed by atoms with Gasteiger partial charge in [0, 0.05) is 18.2 Å². The molecule has 1 aromatic carbocycles. The largest absolute Gasteiger partial charge is 0.327 e. The van der Waals surface area contributed by atoms with Gasteiger partial charge in [0.25, 0.3) is 6.43 Å². The lowest BCUT2D eigenvalue weighted by Gasteiger charge is -2.21. The van der Waals surface area contributed by atoms with E-state index >= 15 is 0 Å². The van der Waals surface area contributed by atoms with Gasteiger partial charge in [-0.15, -0.1) is 0 Å². The number of rotatable bonds is 7. The molecule has 0 aliphatic rings. The first-order valence-corrected chi connectivity index (χ1v) is 6.71. The lowest BCUT2D eigenvalue weighted by Crippen LogP contribution is -2.31. The van der Waals surface area contributed by atoms with Crippen LogP contribution in [0.2, 0.25) is 0 Å². The Morgan fingerprint density at radius 2 is 1.95 bits per heavy atom. The van der Waals surface area contributed by atoms with Crippen LogP contribution < -0.4 is 5.73 Å². The van der Waals surface area contributed by atoms with Gasteiger partial charge in [0.05, 0.1) is 0 Å². The second kappa shape index (κ2) is 7.56. The third-order valence-electron chi connectivity index (χ3n) is 3.36. The molecule has 0 fully saturated rings. The van der Waals surface area contributed by atoms with Crippen molar-refractivity contribution in [2.75, 3.05) is 13.6 Å². The summed E-state index contributed by atoms with van der Waals surface area (Å²) in [7, 11) is 1.99. The van der Waals surface area contributed by atoms with Gasteiger partial charge in [-0.25, -0.2) is 8.78 Å². The molecule has 4 heteroatoms. The van der Waals surface area contributed by atoms with E-state index in [-0.39, 0.29) is 11.6 Å². The van der Waals surface area contributed by atoms with Crippen molar-refractivity contribution in [3.8, 4) is 0 Å². The predicted molar refractivity (Wildman–Crippen MR) is 75.2 cm³/mol. The van der Waals surface area contributed by atoms with Gasteiger partial charge in [-0.1, -0.05) is 32.0 Å². The average molecular weight is 270 g/mol. The highest BCUT2D eigenvalue weighted by atomic mass is 19.3. The monoisotopic (exact) mass is 270 g/mol. The van der Waals surface area contributed by atoms with Crippen LogP contribution in [0.1, 0.15) is 37.8 Å². The molecule has 2 nitrogen and oxygen atoms in total. The third kappa shape index (κ3) is 5.66. The van der Waals surface area contributed by atoms with E-state index < -0.39 is 6.43 Å². The van der Waals surface area contributed by atoms with Gasteiger partial charge in [0.1, 0.15) is 0 Å². The fourth-order valence-corrected chi connectivity index (χ4v) is 1.92. The Labute approximate surface area is 114 Å². The van der Waals surface area contributed by atoms with Crippen LogP contribution in [-0.4, -0.2) is 24.5 Å². The second-order valence-corrected chi connectivity index (χ2v) is 5.48. The molecule has 2 N–H and O–H groups in total. The summed E-state index contributed by atoms with van der Waals surface area (Å²) in [6.07, 6.45) is -1.48. The standard InChI is InChI=1S/C15H24F2N2/c1-11(2)14(18)7-8-19(3)10-12-5-4-6-13(9-12)15(16)17/h4-6,9,11,14-15H,7-8,10,18H2,1-3H3. The summed E-state index contributed by atoms with van der Waals surface area (Å²) in [6.45, 7) is 5.76. The van der Waals surface area contributed by atoms with Crippen LogP contribution in [0.15, 0.2) is 24.3 Å². The summed E-state index contributed by atoms with van der Waals surface area (Å²) < 4.78 is 25.2. The number of benzene rings is 1. The molecule has 0 radical (unpaired) electrons. The summed E-state index contributed by atoms with van der Waals surface area (Å²) in [5.41, 5.74) is 7.00. The molecule has 1 aromatic rings. The quantitative estimate of drug-likeness (QED) is 0.822. The molecular weight excluding hydrogens is 246 g/mol. The number of hydrogen-bond acceptors (Lipinski definition) is 2. The molecule has 0 heterocycles. The van der Waals surface area contributed by atoms with Gasteiger partial charge in [-0.2, -0.15) is 0 Å². The molecule has 0 spiro atoms. The van der Waals surface area contributed by atoms with Crippen molar-refractivity contribution < 1.29 is 8.78 Å². The lowest BCUT2D eigenvalue weighted by atomic mass is 10.0. The van der Waals surface area contributed by atoms with Crippen molar-refractivity contribution in [2.24, 2.45) is 11.7 Å². The van der Waals surface area contributed by atoms with Crippen molar-refractivity contribution in [1.82, 2.24) is 4.90 Å². The molecule has 0 aromatic heterocycles. The molecule has 0 bridgehead atoms. The molecule has 0 aliphatic heterocycles. The van der Waals surface area contributed by atoms with Crippen LogP contribution in [0.25, 0.3) is 0 Å². The molecular formula is C15H24F2N2. The lowest BCUT2D eigenvalue weighted by molar-refractivity contribution is 0.151. The maximum Gasteiger partial charge on any atom is 0.263 e. The number of alkyl halides is 2. The van der Waals surface area contributed by atoms with Crippen LogP contribution in [0.4, 0.5) is 8.78 Å². The van der Waals surface area contributed by atoms with Gasteiger partial charge in [-0.05, 0) is 37.6 Å². The average Bonchev–Trinajstić information content (AvgIpc) is 2.36. The summed E-state index contributed by atoms with van der Waals surface area (Å²) >= 11 is 0. The zero-order chi connectivity index (χ0) is 14.4. The highest BCUT2D eigenvalue weighted by Gasteiger charge is 2.10. The number of halogens is 2. The Balaban J connectivity index is 2.48. The second-order valence-electron chi connectivity index (χ2n) is 5.48. The van der Waals surface area contributed by atoms with Crippen molar-refractivity contribution >= 4 is 0 Å². The molecule has 1 atom stereocenters. The van der Waals surface area contributed by atoms with Crippen LogP contribution >= 0.6 is 0 Å². The smallest absolute Gasteiger partial charge is 0.263 e. The zero-order valence-electron chi connectivity index (χ0n) is 11.9. The minimum Gasteiger partial charge on any atom is -0.327 e. The van der Waals surface area contributed by atoms with Gasteiger partial charge in [0.15, 0.2) is 0 Å². The first-order valence-electron chi connectivity index (χ1n) is 6.71. The fourth-order valence-electron chi connectivity index (χ4n) is 1.92. The van der Waals surface area contributed by atoms with Crippen LogP contribution in [-0.2, 0) is 6.54 Å². The normalized spacial score (nSPS) is 13.5. The van der Waals surface area contributed by atoms with E-state index in [1.54, 1.807) is 12.1 Å². The van der Waals surface area contributed by atoms with Crippen LogP contribution in [0.3, 0.4) is 0 Å².